The van der Waals surface area contributed by atoms with Crippen molar-refractivity contribution in [3.8, 4) is 5.75 Å². The largest absolute Gasteiger partial charge is 0.497 e. The van der Waals surface area contributed by atoms with Crippen molar-refractivity contribution in [1.82, 2.24) is 4.90 Å². The van der Waals surface area contributed by atoms with Crippen molar-refractivity contribution in [1.29, 1.82) is 0 Å². The topological polar surface area (TPSA) is 61.9 Å². The third-order valence-corrected chi connectivity index (χ3v) is 6.63. The van der Waals surface area contributed by atoms with Crippen LogP contribution >= 0.6 is 35.4 Å². The minimum atomic E-state index is -0.733. The van der Waals surface area contributed by atoms with Crippen LogP contribution in [0.3, 0.4) is 0 Å². The first-order valence-corrected chi connectivity index (χ1v) is 12.1. The Bertz CT molecular complexity index is 1220. The molecule has 1 aliphatic heterocycles. The lowest BCUT2D eigenvalue weighted by Gasteiger charge is -2.24. The van der Waals surface area contributed by atoms with Gasteiger partial charge in [-0.1, -0.05) is 35.3 Å². The molecule has 9 heteroatoms. The Hall–Kier alpha value is -3.13. The number of halogens is 2. The van der Waals surface area contributed by atoms with E-state index in [1.54, 1.807) is 55.6 Å². The predicted molar refractivity (Wildman–Crippen MR) is 143 cm³/mol. The average molecular weight is 528 g/mol. The van der Waals surface area contributed by atoms with Crippen molar-refractivity contribution in [3.63, 3.8) is 0 Å². The molecule has 35 heavy (non-hydrogen) atoms. The lowest BCUT2D eigenvalue weighted by atomic mass is 10.1. The maximum absolute atomic E-state index is 13.5. The molecule has 180 valence electrons. The van der Waals surface area contributed by atoms with Gasteiger partial charge in [0.05, 0.1) is 19.2 Å². The number of methoxy groups -OCH3 is 1. The van der Waals surface area contributed by atoms with E-state index < -0.39 is 6.04 Å². The van der Waals surface area contributed by atoms with Gasteiger partial charge in [-0.15, -0.1) is 0 Å². The van der Waals surface area contributed by atoms with Crippen LogP contribution in [0.2, 0.25) is 10.0 Å². The summed E-state index contributed by atoms with van der Waals surface area (Å²) in [4.78, 5) is 29.6. The number of nitrogens with one attached hydrogen (secondary N) is 1. The number of benzene rings is 3. The van der Waals surface area contributed by atoms with Crippen molar-refractivity contribution in [3.05, 3.63) is 88.4 Å². The van der Waals surface area contributed by atoms with Crippen LogP contribution in [0, 0.1) is 0 Å². The maximum Gasteiger partial charge on any atom is 0.256 e. The van der Waals surface area contributed by atoms with E-state index in [9.17, 15) is 9.59 Å². The van der Waals surface area contributed by atoms with Gasteiger partial charge in [0.15, 0.2) is 5.11 Å². The third-order valence-electron chi connectivity index (χ3n) is 5.71. The third kappa shape index (κ3) is 5.93. The van der Waals surface area contributed by atoms with E-state index in [4.69, 9.17) is 40.2 Å². The van der Waals surface area contributed by atoms with E-state index in [1.807, 2.05) is 29.2 Å². The Balaban J connectivity index is 1.54. The highest BCUT2D eigenvalue weighted by Gasteiger charge is 2.43. The van der Waals surface area contributed by atoms with Gasteiger partial charge in [-0.05, 0) is 84.9 Å². The quantitative estimate of drug-likeness (QED) is 0.387. The van der Waals surface area contributed by atoms with E-state index >= 15 is 0 Å². The molecule has 0 spiro atoms. The summed E-state index contributed by atoms with van der Waals surface area (Å²) in [7, 11) is 1.62. The zero-order valence-electron chi connectivity index (χ0n) is 18.9. The Morgan fingerprint density at radius 1 is 0.971 bits per heavy atom. The summed E-state index contributed by atoms with van der Waals surface area (Å²) < 4.78 is 5.22. The summed E-state index contributed by atoms with van der Waals surface area (Å²) in [5, 5.41) is 4.32. The highest BCUT2D eigenvalue weighted by molar-refractivity contribution is 7.80. The first kappa shape index (κ1) is 25.0. The Kier molecular flexibility index (Phi) is 7.90. The molecule has 6 nitrogen and oxygen atoms in total. The summed E-state index contributed by atoms with van der Waals surface area (Å²) in [5.41, 5.74) is 2.28. The van der Waals surface area contributed by atoms with Crippen LogP contribution in [-0.2, 0) is 16.0 Å². The summed E-state index contributed by atoms with van der Waals surface area (Å²) in [6.07, 6.45) is 0.593. The molecule has 1 fully saturated rings. The van der Waals surface area contributed by atoms with Crippen LogP contribution in [0.1, 0.15) is 12.0 Å². The fourth-order valence-electron chi connectivity index (χ4n) is 3.88. The van der Waals surface area contributed by atoms with Crippen LogP contribution in [0.25, 0.3) is 0 Å². The fourth-order valence-corrected chi connectivity index (χ4v) is 4.54. The van der Waals surface area contributed by atoms with E-state index in [2.05, 4.69) is 5.32 Å². The molecule has 0 saturated carbocycles. The van der Waals surface area contributed by atoms with E-state index in [1.165, 1.54) is 4.90 Å². The molecule has 3 aromatic carbocycles. The molecule has 1 unspecified atom stereocenters. The van der Waals surface area contributed by atoms with Crippen LogP contribution < -0.4 is 15.0 Å². The molecule has 1 saturated heterocycles. The van der Waals surface area contributed by atoms with Crippen LogP contribution in [0.4, 0.5) is 11.4 Å². The number of hydrogen-bond acceptors (Lipinski definition) is 4. The van der Waals surface area contributed by atoms with Gasteiger partial charge in [-0.2, -0.15) is 0 Å². The van der Waals surface area contributed by atoms with Crippen molar-refractivity contribution in [2.24, 2.45) is 0 Å². The fraction of sp³-hybridized carbons (Fsp3) is 0.192. The van der Waals surface area contributed by atoms with Gasteiger partial charge in [-0.25, -0.2) is 0 Å². The SMILES string of the molecule is COc1ccc(CCN2C(=S)N(c3ccc(Cl)cc3)C(=O)C2CC(=O)Nc2ccc(Cl)cc2)cc1. The van der Waals surface area contributed by atoms with Gasteiger partial charge >= 0.3 is 0 Å². The Morgan fingerprint density at radius 3 is 2.17 bits per heavy atom. The molecular formula is C26H23Cl2N3O3S. The molecule has 2 amide bonds. The molecule has 1 heterocycles. The number of anilines is 2. The van der Waals surface area contributed by atoms with E-state index in [-0.39, 0.29) is 18.2 Å². The summed E-state index contributed by atoms with van der Waals surface area (Å²) in [6, 6.07) is 20.7. The zero-order valence-corrected chi connectivity index (χ0v) is 21.2. The smallest absolute Gasteiger partial charge is 0.256 e. The van der Waals surface area contributed by atoms with Crippen molar-refractivity contribution in [2.75, 3.05) is 23.9 Å². The number of carbonyl (C=O) groups excluding carboxylic acids is 2. The van der Waals surface area contributed by atoms with Crippen LogP contribution in [0.5, 0.6) is 5.75 Å². The number of ether oxygens (including phenoxy) is 1. The number of thiocarbonyl (C=S) groups is 1. The number of carbonyl (C=O) groups is 2. The molecule has 1 aliphatic rings. The van der Waals surface area contributed by atoms with Gasteiger partial charge in [0, 0.05) is 22.3 Å². The lowest BCUT2D eigenvalue weighted by Crippen LogP contribution is -2.39. The highest BCUT2D eigenvalue weighted by Crippen LogP contribution is 2.29. The van der Waals surface area contributed by atoms with Gasteiger partial charge < -0.3 is 15.0 Å². The second-order valence-electron chi connectivity index (χ2n) is 8.00. The molecule has 3 aromatic rings. The molecule has 1 N–H and O–H groups in total. The van der Waals surface area contributed by atoms with Gasteiger partial charge in [0.25, 0.3) is 5.91 Å². The monoisotopic (exact) mass is 527 g/mol. The Labute approximate surface area is 219 Å². The average Bonchev–Trinajstić information content (AvgIpc) is 3.08. The van der Waals surface area contributed by atoms with E-state index in [0.29, 0.717) is 39.5 Å². The van der Waals surface area contributed by atoms with Crippen molar-refractivity contribution >= 4 is 63.7 Å². The van der Waals surface area contributed by atoms with Gasteiger partial charge in [0.1, 0.15) is 11.8 Å². The summed E-state index contributed by atoms with van der Waals surface area (Å²) in [5.74, 6) is 0.227. The second kappa shape index (κ2) is 11.1. The van der Waals surface area contributed by atoms with Crippen molar-refractivity contribution < 1.29 is 14.3 Å². The first-order chi connectivity index (χ1) is 16.9. The van der Waals surface area contributed by atoms with Gasteiger partial charge in [-0.3, -0.25) is 14.5 Å². The second-order valence-corrected chi connectivity index (χ2v) is 9.24. The molecule has 1 atom stereocenters. The maximum atomic E-state index is 13.5. The van der Waals surface area contributed by atoms with Crippen LogP contribution in [-0.4, -0.2) is 41.5 Å². The molecule has 0 aliphatic carbocycles. The molecule has 0 radical (unpaired) electrons. The first-order valence-electron chi connectivity index (χ1n) is 10.9. The minimum absolute atomic E-state index is 0.0473. The molecule has 0 bridgehead atoms. The minimum Gasteiger partial charge on any atom is -0.497 e. The number of amides is 2. The van der Waals surface area contributed by atoms with Crippen LogP contribution in [0.15, 0.2) is 72.8 Å². The van der Waals surface area contributed by atoms with Crippen molar-refractivity contribution in [2.45, 2.75) is 18.9 Å². The Morgan fingerprint density at radius 2 is 1.57 bits per heavy atom. The normalized spacial score (nSPS) is 15.5. The zero-order chi connectivity index (χ0) is 24.9. The predicted octanol–water partition coefficient (Wildman–Crippen LogP) is 5.58. The standard InChI is InChI=1S/C26H23Cl2N3O3S/c1-34-22-12-2-17(3-13-22)14-15-30-23(16-24(32)29-20-8-4-18(27)5-9-20)25(33)31(26(30)35)21-10-6-19(28)7-11-21/h2-13,23H,14-16H2,1H3,(H,29,32). The van der Waals surface area contributed by atoms with E-state index in [0.717, 1.165) is 11.3 Å². The lowest BCUT2D eigenvalue weighted by molar-refractivity contribution is -0.124. The number of nitrogens with zero attached hydrogens (tertiary/aromatic N) is 2. The molecule has 4 rings (SSSR count). The summed E-state index contributed by atoms with van der Waals surface area (Å²) in [6.45, 7) is 0.472. The molecule has 0 aromatic heterocycles. The van der Waals surface area contributed by atoms with Gasteiger partial charge in [0.2, 0.25) is 5.91 Å². The summed E-state index contributed by atoms with van der Waals surface area (Å²) >= 11 is 17.7. The number of hydrogen-bond donors (Lipinski definition) is 1. The highest BCUT2D eigenvalue weighted by atomic mass is 35.5. The molecular weight excluding hydrogens is 505 g/mol. The number of rotatable bonds is 8.